The van der Waals surface area contributed by atoms with Gasteiger partial charge in [0.05, 0.1) is 0 Å². The second kappa shape index (κ2) is 25.4. The third kappa shape index (κ3) is 32.1. The highest BCUT2D eigenvalue weighted by Crippen LogP contribution is 2.11. The standard InChI is InChI=1S/C18H32O2.C6H12O2/c1-2-3-4-5-6-7-8-9-10-11-12-13-14-15-16-17-18(19)20;1-2-3-4-5-6(7)8/h14-17H,2-13H2,1H3,(H,19,20);2-5H2,1H3,(H,7,8). The van der Waals surface area contributed by atoms with Crippen LogP contribution < -0.4 is 0 Å². The largest absolute Gasteiger partial charge is 0.481 e. The Morgan fingerprint density at radius 2 is 1.11 bits per heavy atom. The molecule has 0 amide bonds. The molecule has 0 spiro atoms. The Labute approximate surface area is 173 Å². The summed E-state index contributed by atoms with van der Waals surface area (Å²) in [5.41, 5.74) is 0. The number of aliphatic carboxylic acids is 2. The van der Waals surface area contributed by atoms with Crippen molar-refractivity contribution in [3.05, 3.63) is 24.3 Å². The topological polar surface area (TPSA) is 74.6 Å². The number of carbonyl (C=O) groups is 2. The van der Waals surface area contributed by atoms with Gasteiger partial charge in [-0.15, -0.1) is 0 Å². The Morgan fingerprint density at radius 3 is 1.57 bits per heavy atom. The lowest BCUT2D eigenvalue weighted by atomic mass is 10.1. The van der Waals surface area contributed by atoms with Crippen molar-refractivity contribution in [2.45, 2.75) is 117 Å². The molecule has 0 rings (SSSR count). The number of carboxylic acids is 2. The van der Waals surface area contributed by atoms with Crippen molar-refractivity contribution in [3.63, 3.8) is 0 Å². The highest BCUT2D eigenvalue weighted by molar-refractivity contribution is 5.80. The van der Waals surface area contributed by atoms with Gasteiger partial charge in [-0.2, -0.15) is 0 Å². The average molecular weight is 397 g/mol. The van der Waals surface area contributed by atoms with E-state index in [-0.39, 0.29) is 0 Å². The Hall–Kier alpha value is -1.58. The molecule has 0 aromatic heterocycles. The highest BCUT2D eigenvalue weighted by Gasteiger charge is 1.93. The molecule has 4 nitrogen and oxygen atoms in total. The minimum Gasteiger partial charge on any atom is -0.481 e. The maximum Gasteiger partial charge on any atom is 0.328 e. The average Bonchev–Trinajstić information content (AvgIpc) is 2.65. The first-order chi connectivity index (χ1) is 13.5. The Balaban J connectivity index is 0. The van der Waals surface area contributed by atoms with Gasteiger partial charge < -0.3 is 10.2 Å². The number of carboxylic acid groups (broad SMARTS) is 2. The zero-order valence-corrected chi connectivity index (χ0v) is 18.3. The van der Waals surface area contributed by atoms with Crippen LogP contribution in [0.2, 0.25) is 0 Å². The Kier molecular flexibility index (Phi) is 26.0. The van der Waals surface area contributed by atoms with Gasteiger partial charge in [0.15, 0.2) is 0 Å². The summed E-state index contributed by atoms with van der Waals surface area (Å²) in [5, 5.41) is 16.5. The zero-order chi connectivity index (χ0) is 21.3. The summed E-state index contributed by atoms with van der Waals surface area (Å²) < 4.78 is 0. The second-order valence-corrected chi connectivity index (χ2v) is 7.30. The Bertz CT molecular complexity index is 399. The molecule has 4 heteroatoms. The van der Waals surface area contributed by atoms with Gasteiger partial charge in [-0.25, -0.2) is 4.79 Å². The molecule has 0 aliphatic rings. The molecule has 0 saturated carbocycles. The summed E-state index contributed by atoms with van der Waals surface area (Å²) in [6.07, 6.45) is 26.0. The van der Waals surface area contributed by atoms with Crippen molar-refractivity contribution >= 4 is 11.9 Å². The number of hydrogen-bond acceptors (Lipinski definition) is 2. The third-order valence-electron chi connectivity index (χ3n) is 4.45. The van der Waals surface area contributed by atoms with Gasteiger partial charge in [0, 0.05) is 12.5 Å². The highest BCUT2D eigenvalue weighted by atomic mass is 16.4. The smallest absolute Gasteiger partial charge is 0.328 e. The summed E-state index contributed by atoms with van der Waals surface area (Å²) >= 11 is 0. The fourth-order valence-corrected chi connectivity index (χ4v) is 2.77. The molecule has 0 saturated heterocycles. The predicted molar refractivity (Wildman–Crippen MR) is 119 cm³/mol. The van der Waals surface area contributed by atoms with E-state index in [2.05, 4.69) is 13.8 Å². The van der Waals surface area contributed by atoms with E-state index in [1.165, 1.54) is 70.6 Å². The lowest BCUT2D eigenvalue weighted by Gasteiger charge is -2.01. The normalized spacial score (nSPS) is 10.9. The maximum absolute atomic E-state index is 10.2. The van der Waals surface area contributed by atoms with Gasteiger partial charge in [0.1, 0.15) is 0 Å². The molecule has 0 bridgehead atoms. The number of allylic oxidation sites excluding steroid dienone is 3. The van der Waals surface area contributed by atoms with Gasteiger partial charge >= 0.3 is 11.9 Å². The van der Waals surface area contributed by atoms with Crippen LogP contribution >= 0.6 is 0 Å². The predicted octanol–water partition coefficient (Wildman–Crippen LogP) is 7.54. The lowest BCUT2D eigenvalue weighted by Crippen LogP contribution is -1.92. The van der Waals surface area contributed by atoms with E-state index in [1.54, 1.807) is 6.08 Å². The van der Waals surface area contributed by atoms with Crippen LogP contribution in [0.4, 0.5) is 0 Å². The van der Waals surface area contributed by atoms with Crippen molar-refractivity contribution in [2.75, 3.05) is 0 Å². The molecule has 164 valence electrons. The molecule has 0 aliphatic heterocycles. The quantitative estimate of drug-likeness (QED) is 0.143. The van der Waals surface area contributed by atoms with Crippen LogP contribution in [0, 0.1) is 0 Å². The van der Waals surface area contributed by atoms with Crippen LogP contribution in [-0.2, 0) is 9.59 Å². The van der Waals surface area contributed by atoms with E-state index in [0.29, 0.717) is 6.42 Å². The number of rotatable bonds is 18. The molecule has 0 radical (unpaired) electrons. The molecule has 0 aliphatic carbocycles. The minimum atomic E-state index is -0.885. The molecule has 0 aromatic carbocycles. The monoisotopic (exact) mass is 396 g/mol. The molecule has 0 aromatic rings. The molecule has 0 unspecified atom stereocenters. The second-order valence-electron chi connectivity index (χ2n) is 7.30. The summed E-state index contributed by atoms with van der Waals surface area (Å²) in [4.78, 5) is 20.1. The van der Waals surface area contributed by atoms with Gasteiger partial charge in [0.2, 0.25) is 0 Å². The summed E-state index contributed by atoms with van der Waals surface area (Å²) in [6, 6.07) is 0. The van der Waals surface area contributed by atoms with Crippen molar-refractivity contribution in [1.82, 2.24) is 0 Å². The van der Waals surface area contributed by atoms with E-state index >= 15 is 0 Å². The first kappa shape index (κ1) is 28.6. The van der Waals surface area contributed by atoms with Crippen molar-refractivity contribution in [2.24, 2.45) is 0 Å². The summed E-state index contributed by atoms with van der Waals surface area (Å²) in [7, 11) is 0. The fourth-order valence-electron chi connectivity index (χ4n) is 2.77. The molecular weight excluding hydrogens is 352 g/mol. The third-order valence-corrected chi connectivity index (χ3v) is 4.45. The first-order valence-corrected chi connectivity index (χ1v) is 11.3. The van der Waals surface area contributed by atoms with E-state index < -0.39 is 11.9 Å². The number of hydrogen-bond donors (Lipinski definition) is 2. The van der Waals surface area contributed by atoms with Gasteiger partial charge in [0.25, 0.3) is 0 Å². The molecule has 0 heterocycles. The van der Waals surface area contributed by atoms with E-state index in [4.69, 9.17) is 10.2 Å². The summed E-state index contributed by atoms with van der Waals surface area (Å²) in [5.74, 6) is -1.57. The SMILES string of the molecule is CCCCCC(=O)O.CCCCCCCCCCCCCC=CC=CC(=O)O. The van der Waals surface area contributed by atoms with Gasteiger partial charge in [-0.05, 0) is 19.3 Å². The Morgan fingerprint density at radius 1 is 0.643 bits per heavy atom. The van der Waals surface area contributed by atoms with Crippen LogP contribution in [-0.4, -0.2) is 22.2 Å². The van der Waals surface area contributed by atoms with Crippen LogP contribution in [0.25, 0.3) is 0 Å². The minimum absolute atomic E-state index is 0.327. The van der Waals surface area contributed by atoms with E-state index in [9.17, 15) is 9.59 Å². The summed E-state index contributed by atoms with van der Waals surface area (Å²) in [6.45, 7) is 4.32. The van der Waals surface area contributed by atoms with Crippen LogP contribution in [0.15, 0.2) is 24.3 Å². The maximum atomic E-state index is 10.2. The molecule has 0 atom stereocenters. The molecule has 28 heavy (non-hydrogen) atoms. The number of unbranched alkanes of at least 4 members (excludes halogenated alkanes) is 13. The zero-order valence-electron chi connectivity index (χ0n) is 18.3. The van der Waals surface area contributed by atoms with Gasteiger partial charge in [-0.3, -0.25) is 4.79 Å². The van der Waals surface area contributed by atoms with Crippen LogP contribution in [0.3, 0.4) is 0 Å². The van der Waals surface area contributed by atoms with Crippen LogP contribution in [0.1, 0.15) is 117 Å². The van der Waals surface area contributed by atoms with Crippen molar-refractivity contribution < 1.29 is 19.8 Å². The van der Waals surface area contributed by atoms with E-state index in [1.807, 2.05) is 12.2 Å². The lowest BCUT2D eigenvalue weighted by molar-refractivity contribution is -0.137. The molecule has 0 fully saturated rings. The van der Waals surface area contributed by atoms with Crippen LogP contribution in [0.5, 0.6) is 0 Å². The molecule has 2 N–H and O–H groups in total. The van der Waals surface area contributed by atoms with Crippen molar-refractivity contribution in [3.8, 4) is 0 Å². The fraction of sp³-hybridized carbons (Fsp3) is 0.750. The van der Waals surface area contributed by atoms with E-state index in [0.717, 1.165) is 31.8 Å². The van der Waals surface area contributed by atoms with Crippen molar-refractivity contribution in [1.29, 1.82) is 0 Å². The molecular formula is C24H44O4. The first-order valence-electron chi connectivity index (χ1n) is 11.3. The van der Waals surface area contributed by atoms with Gasteiger partial charge in [-0.1, -0.05) is 109 Å².